The Kier molecular flexibility index (Phi) is 8.74. The van der Waals surface area contributed by atoms with Crippen LogP contribution in [-0.4, -0.2) is 53.2 Å². The fraction of sp³-hybridized carbons (Fsp3) is 0.783. The van der Waals surface area contributed by atoms with Crippen molar-refractivity contribution in [2.45, 2.75) is 84.7 Å². The molecule has 0 saturated heterocycles. The third kappa shape index (κ3) is 7.03. The van der Waals surface area contributed by atoms with E-state index in [1.807, 2.05) is 20.8 Å². The Morgan fingerprint density at radius 3 is 2.13 bits per heavy atom. The summed E-state index contributed by atoms with van der Waals surface area (Å²) >= 11 is 0. The number of carboxylic acid groups (broad SMARTS) is 1. The molecule has 0 aromatic rings. The predicted octanol–water partition coefficient (Wildman–Crippen LogP) is 4.12. The summed E-state index contributed by atoms with van der Waals surface area (Å²) in [5.41, 5.74) is 1.40. The maximum Gasteiger partial charge on any atom is 0.410 e. The molecule has 2 atom stereocenters. The molecule has 170 valence electrons. The van der Waals surface area contributed by atoms with Crippen LogP contribution in [0.3, 0.4) is 0 Å². The first-order valence-electron chi connectivity index (χ1n) is 11.3. The lowest BCUT2D eigenvalue weighted by Crippen LogP contribution is -2.40. The van der Waals surface area contributed by atoms with Gasteiger partial charge in [-0.2, -0.15) is 0 Å². The van der Waals surface area contributed by atoms with Gasteiger partial charge in [0.2, 0.25) is 5.91 Å². The molecule has 1 heterocycles. The minimum Gasteiger partial charge on any atom is -0.481 e. The van der Waals surface area contributed by atoms with E-state index >= 15 is 0 Å². The number of amides is 2. The number of carbonyl (C=O) groups excluding carboxylic acids is 2. The Balaban J connectivity index is 1.89. The number of nitrogens with zero attached hydrogens (tertiary/aromatic N) is 1. The maximum atomic E-state index is 12.7. The van der Waals surface area contributed by atoms with Crippen LogP contribution in [0.1, 0.15) is 79.1 Å². The van der Waals surface area contributed by atoms with Gasteiger partial charge in [-0.3, -0.25) is 9.59 Å². The summed E-state index contributed by atoms with van der Waals surface area (Å²) in [5, 5.41) is 12.6. The lowest BCUT2D eigenvalue weighted by molar-refractivity contribution is -0.147. The maximum absolute atomic E-state index is 12.7. The van der Waals surface area contributed by atoms with Crippen LogP contribution < -0.4 is 5.32 Å². The summed E-state index contributed by atoms with van der Waals surface area (Å²) in [6.45, 7) is 9.03. The lowest BCUT2D eigenvalue weighted by Gasteiger charge is -2.28. The summed E-state index contributed by atoms with van der Waals surface area (Å²) in [6.07, 6.45) is 7.15. The molecule has 0 bridgehead atoms. The van der Waals surface area contributed by atoms with Crippen LogP contribution in [0, 0.1) is 11.8 Å². The molecule has 0 spiro atoms. The summed E-state index contributed by atoms with van der Waals surface area (Å²) in [7, 11) is 0. The highest BCUT2D eigenvalue weighted by Gasteiger charge is 2.42. The Morgan fingerprint density at radius 2 is 1.57 bits per heavy atom. The average molecular weight is 423 g/mol. The molecule has 0 fully saturated rings. The molecule has 0 unspecified atom stereocenters. The smallest absolute Gasteiger partial charge is 0.410 e. The first-order chi connectivity index (χ1) is 14.1. The van der Waals surface area contributed by atoms with Gasteiger partial charge in [0.05, 0.1) is 11.8 Å². The summed E-state index contributed by atoms with van der Waals surface area (Å²) in [4.78, 5) is 38.6. The van der Waals surface area contributed by atoms with Crippen molar-refractivity contribution in [3.8, 4) is 0 Å². The SMILES string of the molecule is CCCCCCCCNC(=O)[C@@H]1CC2=C(C[C@@H]1C(=O)O)CN(C(=O)OC(C)(C)C)C2. The number of hydrogen-bond donors (Lipinski definition) is 2. The Labute approximate surface area is 180 Å². The zero-order valence-corrected chi connectivity index (χ0v) is 19.0. The number of hydrogen-bond acceptors (Lipinski definition) is 4. The number of rotatable bonds is 9. The van der Waals surface area contributed by atoms with Crippen LogP contribution in [-0.2, 0) is 14.3 Å². The highest BCUT2D eigenvalue weighted by molar-refractivity contribution is 5.86. The third-order valence-corrected chi connectivity index (χ3v) is 5.82. The molecule has 30 heavy (non-hydrogen) atoms. The third-order valence-electron chi connectivity index (χ3n) is 5.82. The topological polar surface area (TPSA) is 95.9 Å². The van der Waals surface area contributed by atoms with Crippen LogP contribution in [0.15, 0.2) is 11.1 Å². The molecule has 7 heteroatoms. The van der Waals surface area contributed by atoms with Gasteiger partial charge >= 0.3 is 12.1 Å². The molecule has 0 radical (unpaired) electrons. The van der Waals surface area contributed by atoms with Crippen molar-refractivity contribution in [3.63, 3.8) is 0 Å². The Bertz CT molecular complexity index is 665. The molecule has 0 aromatic carbocycles. The standard InChI is InChI=1S/C23H38N2O5/c1-5-6-7-8-9-10-11-24-20(26)18-12-16-14-25(22(29)30-23(2,3)4)15-17(16)13-19(18)21(27)28/h18-19H,5-15H2,1-4H3,(H,24,26)(H,27,28)/t18-,19+/m1/s1. The molecular formula is C23H38N2O5. The molecule has 0 aromatic heterocycles. The first-order valence-corrected chi connectivity index (χ1v) is 11.3. The van der Waals surface area contributed by atoms with Crippen molar-refractivity contribution in [2.75, 3.05) is 19.6 Å². The largest absolute Gasteiger partial charge is 0.481 e. The average Bonchev–Trinajstić information content (AvgIpc) is 3.08. The van der Waals surface area contributed by atoms with E-state index in [1.54, 1.807) is 4.90 Å². The van der Waals surface area contributed by atoms with Gasteiger partial charge in [-0.05, 0) is 51.2 Å². The fourth-order valence-corrected chi connectivity index (χ4v) is 4.21. The molecule has 7 nitrogen and oxygen atoms in total. The zero-order chi connectivity index (χ0) is 22.3. The molecule has 0 saturated carbocycles. The minimum absolute atomic E-state index is 0.182. The van der Waals surface area contributed by atoms with Gasteiger partial charge in [0.15, 0.2) is 0 Å². The Morgan fingerprint density at radius 1 is 1.00 bits per heavy atom. The van der Waals surface area contributed by atoms with Crippen LogP contribution in [0.5, 0.6) is 0 Å². The van der Waals surface area contributed by atoms with Crippen molar-refractivity contribution < 1.29 is 24.2 Å². The summed E-state index contributed by atoms with van der Waals surface area (Å²) < 4.78 is 5.44. The number of unbranched alkanes of at least 4 members (excludes halogenated alkanes) is 5. The molecule has 1 aliphatic heterocycles. The first kappa shape index (κ1) is 24.2. The summed E-state index contributed by atoms with van der Waals surface area (Å²) in [5.74, 6) is -2.46. The van der Waals surface area contributed by atoms with Gasteiger partial charge in [-0.25, -0.2) is 4.79 Å². The zero-order valence-electron chi connectivity index (χ0n) is 19.0. The van der Waals surface area contributed by atoms with E-state index < -0.39 is 29.5 Å². The number of aliphatic carboxylic acids is 1. The van der Waals surface area contributed by atoms with Gasteiger partial charge in [0.25, 0.3) is 0 Å². The fourth-order valence-electron chi connectivity index (χ4n) is 4.21. The molecule has 1 aliphatic carbocycles. The van der Waals surface area contributed by atoms with Crippen LogP contribution in [0.25, 0.3) is 0 Å². The van der Waals surface area contributed by atoms with Gasteiger partial charge in [-0.1, -0.05) is 39.0 Å². The van der Waals surface area contributed by atoms with E-state index in [0.717, 1.165) is 24.0 Å². The molecule has 2 amide bonds. The van der Waals surface area contributed by atoms with Gasteiger partial charge < -0.3 is 20.1 Å². The highest BCUT2D eigenvalue weighted by Crippen LogP contribution is 2.39. The number of carbonyl (C=O) groups is 3. The van der Waals surface area contributed by atoms with E-state index in [0.29, 0.717) is 32.5 Å². The second-order valence-corrected chi connectivity index (χ2v) is 9.56. The Hall–Kier alpha value is -2.05. The molecule has 2 aliphatic rings. The van der Waals surface area contributed by atoms with Crippen molar-refractivity contribution in [2.24, 2.45) is 11.8 Å². The molecule has 2 rings (SSSR count). The predicted molar refractivity (Wildman–Crippen MR) is 115 cm³/mol. The van der Waals surface area contributed by atoms with E-state index in [4.69, 9.17) is 4.74 Å². The van der Waals surface area contributed by atoms with Crippen LogP contribution in [0.2, 0.25) is 0 Å². The van der Waals surface area contributed by atoms with E-state index in [2.05, 4.69) is 12.2 Å². The quantitative estimate of drug-likeness (QED) is 0.430. The monoisotopic (exact) mass is 422 g/mol. The summed E-state index contributed by atoms with van der Waals surface area (Å²) in [6, 6.07) is 0. The number of nitrogens with one attached hydrogen (secondary N) is 1. The van der Waals surface area contributed by atoms with E-state index in [1.165, 1.54) is 25.7 Å². The molecule has 2 N–H and O–H groups in total. The molecular weight excluding hydrogens is 384 g/mol. The van der Waals surface area contributed by atoms with Crippen molar-refractivity contribution >= 4 is 18.0 Å². The van der Waals surface area contributed by atoms with Gasteiger partial charge in [-0.15, -0.1) is 0 Å². The van der Waals surface area contributed by atoms with Crippen molar-refractivity contribution in [1.82, 2.24) is 10.2 Å². The minimum atomic E-state index is -0.947. The van der Waals surface area contributed by atoms with Gasteiger partial charge in [0, 0.05) is 19.6 Å². The number of carboxylic acids is 1. The van der Waals surface area contributed by atoms with E-state index in [-0.39, 0.29) is 5.91 Å². The second-order valence-electron chi connectivity index (χ2n) is 9.56. The van der Waals surface area contributed by atoms with Crippen molar-refractivity contribution in [3.05, 3.63) is 11.1 Å². The van der Waals surface area contributed by atoms with Crippen LogP contribution in [0.4, 0.5) is 4.79 Å². The van der Waals surface area contributed by atoms with Gasteiger partial charge in [0.1, 0.15) is 5.60 Å². The number of ether oxygens (including phenoxy) is 1. The van der Waals surface area contributed by atoms with E-state index in [9.17, 15) is 19.5 Å². The highest BCUT2D eigenvalue weighted by atomic mass is 16.6. The van der Waals surface area contributed by atoms with Crippen molar-refractivity contribution in [1.29, 1.82) is 0 Å². The normalized spacial score (nSPS) is 21.4. The van der Waals surface area contributed by atoms with Crippen LogP contribution >= 0.6 is 0 Å². The lowest BCUT2D eigenvalue weighted by atomic mass is 9.76. The second kappa shape index (κ2) is 10.8.